The molecule has 0 unspecified atom stereocenters. The summed E-state index contributed by atoms with van der Waals surface area (Å²) < 4.78 is 16.0. The number of nitrogens with one attached hydrogen (secondary N) is 1. The van der Waals surface area contributed by atoms with Gasteiger partial charge in [-0.1, -0.05) is 54.6 Å². The molecule has 0 spiro atoms. The maximum absolute atomic E-state index is 12.4. The third-order valence-corrected chi connectivity index (χ3v) is 4.85. The average molecular weight is 405 g/mol. The zero-order valence-electron chi connectivity index (χ0n) is 17.6. The lowest BCUT2D eigenvalue weighted by Crippen LogP contribution is -2.15. The number of aryl methyl sites for hydroxylation is 2. The summed E-state index contributed by atoms with van der Waals surface area (Å²) in [5, 5.41) is 2.80. The minimum atomic E-state index is -0.537. The van der Waals surface area contributed by atoms with Gasteiger partial charge >= 0.3 is 6.09 Å². The lowest BCUT2D eigenvalue weighted by molar-refractivity contribution is 0.0515. The Hall–Kier alpha value is -3.31. The normalized spacial score (nSPS) is 10.5. The highest BCUT2D eigenvalue weighted by molar-refractivity contribution is 5.87. The number of hydrogen-bond acceptors (Lipinski definition) is 4. The Bertz CT molecular complexity index is 965. The molecule has 0 heterocycles. The molecule has 0 saturated heterocycles. The minimum Gasteiger partial charge on any atom is -0.465 e. The lowest BCUT2D eigenvalue weighted by atomic mass is 9.96. The molecular weight excluding hydrogens is 378 g/mol. The van der Waals surface area contributed by atoms with E-state index in [-0.39, 0.29) is 13.4 Å². The summed E-state index contributed by atoms with van der Waals surface area (Å²) in [4.78, 5) is 12.4. The predicted octanol–water partition coefficient (Wildman–Crippen LogP) is 5.63. The molecule has 0 aliphatic carbocycles. The number of carbonyl (C=O) groups is 1. The molecule has 5 nitrogen and oxygen atoms in total. The van der Waals surface area contributed by atoms with Gasteiger partial charge in [-0.15, -0.1) is 0 Å². The van der Waals surface area contributed by atoms with Crippen LogP contribution in [-0.4, -0.2) is 20.0 Å². The summed E-state index contributed by atoms with van der Waals surface area (Å²) in [6.07, 6.45) is 0.224. The van der Waals surface area contributed by atoms with Gasteiger partial charge in [0.05, 0.1) is 5.69 Å². The van der Waals surface area contributed by atoms with Crippen LogP contribution in [0.1, 0.15) is 27.8 Å². The van der Waals surface area contributed by atoms with Gasteiger partial charge in [-0.3, -0.25) is 5.32 Å². The van der Waals surface area contributed by atoms with E-state index in [0.29, 0.717) is 11.4 Å². The SMILES string of the molecule is COCOc1ccc(Cc2c(C)cccc2C)cc1NC(=O)OCc1ccccc1. The van der Waals surface area contributed by atoms with Crippen LogP contribution in [0.3, 0.4) is 0 Å². The maximum atomic E-state index is 12.4. The summed E-state index contributed by atoms with van der Waals surface area (Å²) >= 11 is 0. The van der Waals surface area contributed by atoms with Gasteiger partial charge in [0.15, 0.2) is 6.79 Å². The highest BCUT2D eigenvalue weighted by Gasteiger charge is 2.12. The van der Waals surface area contributed by atoms with Crippen molar-refractivity contribution in [3.8, 4) is 5.75 Å². The summed E-state index contributed by atoms with van der Waals surface area (Å²) in [5.41, 5.74) is 6.30. The summed E-state index contributed by atoms with van der Waals surface area (Å²) in [6.45, 7) is 4.50. The standard InChI is InChI=1S/C25H27NO4/c1-18-8-7-9-19(2)22(18)14-21-12-13-24(30-17-28-3)23(15-21)26-25(27)29-16-20-10-5-4-6-11-20/h4-13,15H,14,16-17H2,1-3H3,(H,26,27). The minimum absolute atomic E-state index is 0.0873. The monoisotopic (exact) mass is 405 g/mol. The van der Waals surface area contributed by atoms with Crippen molar-refractivity contribution in [2.45, 2.75) is 26.9 Å². The van der Waals surface area contributed by atoms with Crippen LogP contribution in [0, 0.1) is 13.8 Å². The first-order chi connectivity index (χ1) is 14.6. The van der Waals surface area contributed by atoms with Crippen LogP contribution in [0.5, 0.6) is 5.75 Å². The van der Waals surface area contributed by atoms with E-state index in [1.807, 2.05) is 48.5 Å². The van der Waals surface area contributed by atoms with Gasteiger partial charge in [-0.2, -0.15) is 0 Å². The van der Waals surface area contributed by atoms with Crippen molar-refractivity contribution in [1.82, 2.24) is 0 Å². The molecule has 0 atom stereocenters. The van der Waals surface area contributed by atoms with Crippen molar-refractivity contribution in [2.24, 2.45) is 0 Å². The van der Waals surface area contributed by atoms with Crippen LogP contribution in [0.15, 0.2) is 66.7 Å². The van der Waals surface area contributed by atoms with Gasteiger partial charge < -0.3 is 14.2 Å². The fraction of sp³-hybridized carbons (Fsp3) is 0.240. The van der Waals surface area contributed by atoms with E-state index in [1.54, 1.807) is 7.11 Å². The predicted molar refractivity (Wildman–Crippen MR) is 118 cm³/mol. The van der Waals surface area contributed by atoms with Crippen LogP contribution in [0.4, 0.5) is 10.5 Å². The molecular formula is C25H27NO4. The Labute approximate surface area is 177 Å². The quantitative estimate of drug-likeness (QED) is 0.494. The fourth-order valence-electron chi connectivity index (χ4n) is 3.23. The van der Waals surface area contributed by atoms with Crippen molar-refractivity contribution < 1.29 is 19.0 Å². The number of ether oxygens (including phenoxy) is 3. The molecule has 3 aromatic rings. The highest BCUT2D eigenvalue weighted by atomic mass is 16.7. The molecule has 0 radical (unpaired) electrons. The average Bonchev–Trinajstić information content (AvgIpc) is 2.75. The number of rotatable bonds is 8. The van der Waals surface area contributed by atoms with Crippen LogP contribution in [-0.2, 0) is 22.5 Å². The Morgan fingerprint density at radius 1 is 0.900 bits per heavy atom. The second-order valence-electron chi connectivity index (χ2n) is 7.12. The Morgan fingerprint density at radius 3 is 2.33 bits per heavy atom. The molecule has 5 heteroatoms. The Kier molecular flexibility index (Phi) is 7.46. The van der Waals surface area contributed by atoms with E-state index in [0.717, 1.165) is 17.5 Å². The molecule has 156 valence electrons. The van der Waals surface area contributed by atoms with Crippen molar-refractivity contribution in [3.63, 3.8) is 0 Å². The van der Waals surface area contributed by atoms with Crippen LogP contribution in [0.25, 0.3) is 0 Å². The van der Waals surface area contributed by atoms with Gasteiger partial charge in [0, 0.05) is 7.11 Å². The van der Waals surface area contributed by atoms with Gasteiger partial charge in [0.25, 0.3) is 0 Å². The molecule has 3 rings (SSSR count). The number of benzene rings is 3. The third kappa shape index (κ3) is 5.84. The first-order valence-electron chi connectivity index (χ1n) is 9.84. The molecule has 0 fully saturated rings. The fourth-order valence-corrected chi connectivity index (χ4v) is 3.23. The molecule has 1 N–H and O–H groups in total. The van der Waals surface area contributed by atoms with Crippen molar-refractivity contribution in [1.29, 1.82) is 0 Å². The number of anilines is 1. The number of amides is 1. The molecule has 0 saturated carbocycles. The Balaban J connectivity index is 1.76. The number of hydrogen-bond donors (Lipinski definition) is 1. The smallest absolute Gasteiger partial charge is 0.412 e. The zero-order chi connectivity index (χ0) is 21.3. The summed E-state index contributed by atoms with van der Waals surface area (Å²) in [7, 11) is 1.55. The van der Waals surface area contributed by atoms with Crippen molar-refractivity contribution in [3.05, 3.63) is 94.5 Å². The van der Waals surface area contributed by atoms with Crippen LogP contribution in [0.2, 0.25) is 0 Å². The van der Waals surface area contributed by atoms with Gasteiger partial charge in [0.1, 0.15) is 12.4 Å². The van der Waals surface area contributed by atoms with E-state index < -0.39 is 6.09 Å². The molecule has 0 bridgehead atoms. The van der Waals surface area contributed by atoms with E-state index >= 15 is 0 Å². The van der Waals surface area contributed by atoms with Crippen LogP contribution >= 0.6 is 0 Å². The zero-order valence-corrected chi connectivity index (χ0v) is 17.6. The van der Waals surface area contributed by atoms with Crippen LogP contribution < -0.4 is 10.1 Å². The van der Waals surface area contributed by atoms with E-state index in [2.05, 4.69) is 37.4 Å². The molecule has 1 amide bonds. The number of carbonyl (C=O) groups excluding carboxylic acids is 1. The molecule has 0 aliphatic rings. The first-order valence-corrected chi connectivity index (χ1v) is 9.84. The van der Waals surface area contributed by atoms with E-state index in [9.17, 15) is 4.79 Å². The summed E-state index contributed by atoms with van der Waals surface area (Å²) in [5.74, 6) is 0.527. The second-order valence-corrected chi connectivity index (χ2v) is 7.12. The third-order valence-electron chi connectivity index (χ3n) is 4.85. The second kappa shape index (κ2) is 10.5. The first kappa shape index (κ1) is 21.4. The van der Waals surface area contributed by atoms with Gasteiger partial charge in [-0.05, 0) is 60.2 Å². The molecule has 3 aromatic carbocycles. The lowest BCUT2D eigenvalue weighted by Gasteiger charge is -2.15. The van der Waals surface area contributed by atoms with Gasteiger partial charge in [0.2, 0.25) is 0 Å². The largest absolute Gasteiger partial charge is 0.465 e. The topological polar surface area (TPSA) is 56.8 Å². The maximum Gasteiger partial charge on any atom is 0.412 e. The van der Waals surface area contributed by atoms with E-state index in [1.165, 1.54) is 16.7 Å². The van der Waals surface area contributed by atoms with Gasteiger partial charge in [-0.25, -0.2) is 4.79 Å². The van der Waals surface area contributed by atoms with Crippen molar-refractivity contribution in [2.75, 3.05) is 19.2 Å². The molecule has 0 aliphatic heterocycles. The number of methoxy groups -OCH3 is 1. The van der Waals surface area contributed by atoms with E-state index in [4.69, 9.17) is 14.2 Å². The molecule has 30 heavy (non-hydrogen) atoms. The Morgan fingerprint density at radius 2 is 1.63 bits per heavy atom. The van der Waals surface area contributed by atoms with Crippen molar-refractivity contribution >= 4 is 11.8 Å². The molecule has 0 aromatic heterocycles. The summed E-state index contributed by atoms with van der Waals surface area (Å²) in [6, 6.07) is 21.6. The highest BCUT2D eigenvalue weighted by Crippen LogP contribution is 2.28.